The molecular formula is C21H17ClF5N5O. The average Bonchev–Trinajstić information content (AvgIpc) is 3.49. The van der Waals surface area contributed by atoms with Crippen LogP contribution in [0.5, 0.6) is 0 Å². The van der Waals surface area contributed by atoms with Gasteiger partial charge in [-0.3, -0.25) is 9.48 Å². The van der Waals surface area contributed by atoms with Gasteiger partial charge < -0.3 is 16.0 Å². The van der Waals surface area contributed by atoms with Crippen LogP contribution in [0.4, 0.5) is 27.8 Å². The number of nitrogens with zero attached hydrogens (tertiary/aromatic N) is 2. The van der Waals surface area contributed by atoms with E-state index in [4.69, 9.17) is 23.4 Å². The Morgan fingerprint density at radius 2 is 2.00 bits per heavy atom. The van der Waals surface area contributed by atoms with Gasteiger partial charge in [-0.15, -0.1) is 6.42 Å². The van der Waals surface area contributed by atoms with E-state index in [9.17, 15) is 26.7 Å². The van der Waals surface area contributed by atoms with Gasteiger partial charge in [0, 0.05) is 31.1 Å². The Labute approximate surface area is 190 Å². The number of rotatable bonds is 7. The number of nitrogens with one attached hydrogen (secondary N) is 3. The second kappa shape index (κ2) is 8.86. The van der Waals surface area contributed by atoms with Crippen LogP contribution < -0.4 is 10.6 Å². The summed E-state index contributed by atoms with van der Waals surface area (Å²) in [6.07, 6.45) is 3.13. The first kappa shape index (κ1) is 24.3. The van der Waals surface area contributed by atoms with Crippen LogP contribution in [0.15, 0.2) is 24.4 Å². The summed E-state index contributed by atoms with van der Waals surface area (Å²) in [4.78, 5) is 12.4. The molecule has 1 aliphatic rings. The van der Waals surface area contributed by atoms with E-state index in [-0.39, 0.29) is 33.9 Å². The lowest BCUT2D eigenvalue weighted by Crippen LogP contribution is -2.34. The highest BCUT2D eigenvalue weighted by atomic mass is 35.5. The van der Waals surface area contributed by atoms with Gasteiger partial charge in [0.05, 0.1) is 16.1 Å². The van der Waals surface area contributed by atoms with Crippen molar-refractivity contribution in [2.45, 2.75) is 31.0 Å². The Bertz CT molecular complexity index is 1170. The fourth-order valence-electron chi connectivity index (χ4n) is 2.90. The topological polar surface area (TPSA) is 82.8 Å². The maximum atomic E-state index is 13.9. The quantitative estimate of drug-likeness (QED) is 0.302. The second-order valence-electron chi connectivity index (χ2n) is 7.24. The zero-order chi connectivity index (χ0) is 24.6. The molecular weight excluding hydrogens is 469 g/mol. The predicted molar refractivity (Wildman–Crippen MR) is 113 cm³/mol. The molecule has 0 atom stereocenters. The minimum absolute atomic E-state index is 0.0905. The summed E-state index contributed by atoms with van der Waals surface area (Å²) in [5.41, 5.74) is -1.68. The van der Waals surface area contributed by atoms with Gasteiger partial charge in [-0.1, -0.05) is 23.6 Å². The minimum atomic E-state index is -5.89. The molecule has 0 radical (unpaired) electrons. The van der Waals surface area contributed by atoms with Crippen LogP contribution in [0.2, 0.25) is 5.02 Å². The molecule has 1 fully saturated rings. The molecule has 1 aromatic heterocycles. The van der Waals surface area contributed by atoms with Crippen molar-refractivity contribution in [3.63, 3.8) is 0 Å². The first-order chi connectivity index (χ1) is 15.4. The molecule has 174 valence electrons. The van der Waals surface area contributed by atoms with Gasteiger partial charge in [-0.2, -0.15) is 27.1 Å². The van der Waals surface area contributed by atoms with Crippen LogP contribution in [0, 0.1) is 17.8 Å². The lowest BCUT2D eigenvalue weighted by molar-refractivity contribution is -0.291. The molecule has 0 saturated heterocycles. The SMILES string of the molecule is C#Cc1c(C(F)(F)C(F)(F)F)nn(C)c1N/C=C(\C=N)c1ccc(Cl)c(C(=O)NC2CC2)c1. The molecule has 1 heterocycles. The van der Waals surface area contributed by atoms with Gasteiger partial charge in [0.25, 0.3) is 5.91 Å². The highest BCUT2D eigenvalue weighted by molar-refractivity contribution is 6.34. The van der Waals surface area contributed by atoms with Crippen LogP contribution in [-0.2, 0) is 13.0 Å². The first-order valence-electron chi connectivity index (χ1n) is 9.47. The van der Waals surface area contributed by atoms with Crippen LogP contribution in [-0.4, -0.2) is 34.1 Å². The summed E-state index contributed by atoms with van der Waals surface area (Å²) in [7, 11) is 1.14. The van der Waals surface area contributed by atoms with Crippen molar-refractivity contribution in [3.05, 3.63) is 51.8 Å². The number of aromatic nitrogens is 2. The van der Waals surface area contributed by atoms with Crippen LogP contribution in [0.25, 0.3) is 5.57 Å². The molecule has 3 N–H and O–H groups in total. The fraction of sp³-hybridized carbons (Fsp3) is 0.286. The first-order valence-corrected chi connectivity index (χ1v) is 9.85. The highest BCUT2D eigenvalue weighted by Gasteiger charge is 2.61. The van der Waals surface area contributed by atoms with Gasteiger partial charge in [0.15, 0.2) is 5.69 Å². The molecule has 12 heteroatoms. The second-order valence-corrected chi connectivity index (χ2v) is 7.65. The molecule has 0 bridgehead atoms. The number of amides is 1. The normalized spacial score (nSPS) is 14.5. The lowest BCUT2D eigenvalue weighted by Gasteiger charge is -2.17. The number of aryl methyl sites for hydroxylation is 1. The van der Waals surface area contributed by atoms with Crippen molar-refractivity contribution >= 4 is 35.1 Å². The van der Waals surface area contributed by atoms with E-state index in [1.165, 1.54) is 24.4 Å². The number of anilines is 1. The van der Waals surface area contributed by atoms with Gasteiger partial charge in [0.1, 0.15) is 5.82 Å². The van der Waals surface area contributed by atoms with Crippen molar-refractivity contribution in [2.75, 3.05) is 5.32 Å². The van der Waals surface area contributed by atoms with Gasteiger partial charge in [-0.05, 0) is 30.5 Å². The molecule has 1 saturated carbocycles. The van der Waals surface area contributed by atoms with E-state index in [2.05, 4.69) is 15.7 Å². The number of benzene rings is 1. The molecule has 0 unspecified atom stereocenters. The summed E-state index contributed by atoms with van der Waals surface area (Å²) in [6, 6.07) is 4.50. The zero-order valence-corrected chi connectivity index (χ0v) is 17.8. The Balaban J connectivity index is 1.95. The third-order valence-electron chi connectivity index (χ3n) is 4.82. The maximum absolute atomic E-state index is 13.9. The Kier molecular flexibility index (Phi) is 6.51. The Morgan fingerprint density at radius 3 is 2.55 bits per heavy atom. The number of allylic oxidation sites excluding steroid dienone is 1. The zero-order valence-electron chi connectivity index (χ0n) is 17.0. The molecule has 0 aliphatic heterocycles. The van der Waals surface area contributed by atoms with E-state index in [0.29, 0.717) is 5.56 Å². The van der Waals surface area contributed by atoms with Crippen molar-refractivity contribution in [2.24, 2.45) is 7.05 Å². The number of terminal acetylenes is 1. The van der Waals surface area contributed by atoms with Crippen LogP contribution in [0.1, 0.15) is 40.0 Å². The summed E-state index contributed by atoms with van der Waals surface area (Å²) < 4.78 is 66.9. The van der Waals surface area contributed by atoms with E-state index in [1.807, 2.05) is 5.92 Å². The monoisotopic (exact) mass is 485 g/mol. The van der Waals surface area contributed by atoms with Crippen LogP contribution in [0.3, 0.4) is 0 Å². The summed E-state index contributed by atoms with van der Waals surface area (Å²) >= 11 is 6.11. The number of hydrogen-bond donors (Lipinski definition) is 3. The molecule has 6 nitrogen and oxygen atoms in total. The van der Waals surface area contributed by atoms with Gasteiger partial charge in [0.2, 0.25) is 0 Å². The molecule has 2 aromatic rings. The van der Waals surface area contributed by atoms with Gasteiger partial charge >= 0.3 is 12.1 Å². The number of halogens is 6. The number of alkyl halides is 5. The van der Waals surface area contributed by atoms with Crippen molar-refractivity contribution in [1.82, 2.24) is 15.1 Å². The van der Waals surface area contributed by atoms with E-state index in [0.717, 1.165) is 30.8 Å². The maximum Gasteiger partial charge on any atom is 0.459 e. The average molecular weight is 486 g/mol. The van der Waals surface area contributed by atoms with E-state index in [1.54, 1.807) is 0 Å². The lowest BCUT2D eigenvalue weighted by atomic mass is 10.0. The standard InChI is InChI=1S/C21H17ClF5N5O/c1-3-14-17(20(23,24)21(25,26)27)31-32(2)18(14)29-10-12(9-28)11-4-7-16(22)15(8-11)19(33)30-13-5-6-13/h1,4,7-10,13,28-29H,5-6H2,2H3,(H,30,33)/b12-10+,28-9?. The van der Waals surface area contributed by atoms with Gasteiger partial charge in [-0.25, -0.2) is 0 Å². The predicted octanol–water partition coefficient (Wildman–Crippen LogP) is 4.70. The highest BCUT2D eigenvalue weighted by Crippen LogP contribution is 2.45. The molecule has 1 aliphatic carbocycles. The Hall–Kier alpha value is -3.39. The Morgan fingerprint density at radius 1 is 1.33 bits per heavy atom. The van der Waals surface area contributed by atoms with E-state index < -0.39 is 23.4 Å². The molecule has 33 heavy (non-hydrogen) atoms. The largest absolute Gasteiger partial charge is 0.459 e. The molecule has 1 aromatic carbocycles. The van der Waals surface area contributed by atoms with E-state index >= 15 is 0 Å². The third-order valence-corrected chi connectivity index (χ3v) is 5.15. The minimum Gasteiger partial charge on any atom is -0.349 e. The van der Waals surface area contributed by atoms with Crippen molar-refractivity contribution in [1.29, 1.82) is 5.41 Å². The number of carbonyl (C=O) groups excluding carboxylic acids is 1. The molecule has 3 rings (SSSR count). The summed E-state index contributed by atoms with van der Waals surface area (Å²) in [6.45, 7) is 0. The number of carbonyl (C=O) groups is 1. The summed E-state index contributed by atoms with van der Waals surface area (Å²) in [5, 5.41) is 16.4. The smallest absolute Gasteiger partial charge is 0.349 e. The number of hydrogen-bond acceptors (Lipinski definition) is 4. The molecule has 1 amide bonds. The summed E-state index contributed by atoms with van der Waals surface area (Å²) in [5.74, 6) is -4.14. The fourth-order valence-corrected chi connectivity index (χ4v) is 3.11. The van der Waals surface area contributed by atoms with Crippen LogP contribution >= 0.6 is 11.6 Å². The van der Waals surface area contributed by atoms with Crippen molar-refractivity contribution in [3.8, 4) is 12.3 Å². The molecule has 0 spiro atoms. The van der Waals surface area contributed by atoms with Crippen molar-refractivity contribution < 1.29 is 26.7 Å². The third kappa shape index (κ3) is 4.85.